The van der Waals surface area contributed by atoms with E-state index in [9.17, 15) is 10.1 Å². The molecule has 3 rings (SSSR count). The fraction of sp³-hybridized carbons (Fsp3) is 0.200. The molecule has 0 saturated heterocycles. The van der Waals surface area contributed by atoms with Gasteiger partial charge in [-0.1, -0.05) is 0 Å². The minimum Gasteiger partial charge on any atom is -0.493 e. The van der Waals surface area contributed by atoms with Crippen LogP contribution in [0.5, 0.6) is 17.2 Å². The second kappa shape index (κ2) is 10.7. The Kier molecular flexibility index (Phi) is 8.34. The Labute approximate surface area is 193 Å². The zero-order valence-corrected chi connectivity index (χ0v) is 19.8. The Morgan fingerprint density at radius 3 is 2.39 bits per heavy atom. The Morgan fingerprint density at radius 2 is 1.74 bits per heavy atom. The zero-order valence-electron chi connectivity index (χ0n) is 17.2. The third-order valence-corrected chi connectivity index (χ3v) is 5.04. The van der Waals surface area contributed by atoms with E-state index < -0.39 is 4.92 Å². The van der Waals surface area contributed by atoms with Crippen LogP contribution in [0.1, 0.15) is 12.5 Å². The van der Waals surface area contributed by atoms with Crippen LogP contribution in [0.15, 0.2) is 46.9 Å². The molecule has 0 aliphatic heterocycles. The van der Waals surface area contributed by atoms with Crippen LogP contribution in [0.2, 0.25) is 0 Å². The van der Waals surface area contributed by atoms with Gasteiger partial charge in [0.2, 0.25) is 5.13 Å². The van der Waals surface area contributed by atoms with Crippen LogP contribution in [0.4, 0.5) is 10.8 Å². The number of ether oxygens (including phenoxy) is 3. The Bertz CT molecular complexity index is 1100. The highest BCUT2D eigenvalue weighted by atomic mass is 79.9. The number of halogens is 1. The highest BCUT2D eigenvalue weighted by molar-refractivity contribution is 8.93. The number of aromatic nitrogens is 1. The molecule has 1 aromatic heterocycles. The Morgan fingerprint density at radius 1 is 1.06 bits per heavy atom. The number of thiazole rings is 1. The number of hydrazone groups is 1. The summed E-state index contributed by atoms with van der Waals surface area (Å²) in [4.78, 5) is 15.2. The molecule has 9 nitrogen and oxygen atoms in total. The monoisotopic (exact) mass is 508 g/mol. The van der Waals surface area contributed by atoms with Gasteiger partial charge in [-0.25, -0.2) is 4.98 Å². The second-order valence-corrected chi connectivity index (χ2v) is 6.92. The number of rotatable bonds is 8. The third kappa shape index (κ3) is 5.50. The summed E-state index contributed by atoms with van der Waals surface area (Å²) in [6.07, 6.45) is 0. The first kappa shape index (κ1) is 24.1. The topological polar surface area (TPSA) is 108 Å². The lowest BCUT2D eigenvalue weighted by atomic mass is 10.1. The molecule has 31 heavy (non-hydrogen) atoms. The summed E-state index contributed by atoms with van der Waals surface area (Å²) in [5, 5.41) is 18.0. The quantitative estimate of drug-likeness (QED) is 0.254. The van der Waals surface area contributed by atoms with Crippen LogP contribution < -0.4 is 19.6 Å². The van der Waals surface area contributed by atoms with E-state index in [1.165, 1.54) is 24.5 Å². The van der Waals surface area contributed by atoms with Crippen LogP contribution in [-0.4, -0.2) is 36.9 Å². The van der Waals surface area contributed by atoms with E-state index in [-0.39, 0.29) is 28.4 Å². The average molecular weight is 509 g/mol. The first-order valence-corrected chi connectivity index (χ1v) is 9.65. The maximum atomic E-state index is 11.2. The van der Waals surface area contributed by atoms with Gasteiger partial charge in [-0.15, -0.1) is 28.3 Å². The van der Waals surface area contributed by atoms with Gasteiger partial charge < -0.3 is 14.2 Å². The number of hydrogen-bond acceptors (Lipinski definition) is 9. The average Bonchev–Trinajstić information content (AvgIpc) is 3.25. The van der Waals surface area contributed by atoms with Crippen LogP contribution in [0, 0.1) is 10.1 Å². The molecule has 2 aromatic carbocycles. The summed E-state index contributed by atoms with van der Waals surface area (Å²) in [6.45, 7) is 1.86. The minimum atomic E-state index is -0.482. The molecule has 0 aliphatic rings. The van der Waals surface area contributed by atoms with Crippen LogP contribution >= 0.6 is 28.3 Å². The van der Waals surface area contributed by atoms with E-state index >= 15 is 0 Å². The lowest BCUT2D eigenvalue weighted by Crippen LogP contribution is -2.01. The normalized spacial score (nSPS) is 10.8. The van der Waals surface area contributed by atoms with Gasteiger partial charge in [0.05, 0.1) is 37.7 Å². The lowest BCUT2D eigenvalue weighted by Gasteiger charge is -2.09. The van der Waals surface area contributed by atoms with Crippen molar-refractivity contribution in [1.29, 1.82) is 0 Å². The van der Waals surface area contributed by atoms with Gasteiger partial charge in [0.15, 0.2) is 17.2 Å². The van der Waals surface area contributed by atoms with E-state index in [1.807, 2.05) is 25.1 Å². The first-order chi connectivity index (χ1) is 14.5. The van der Waals surface area contributed by atoms with Gasteiger partial charge in [0.25, 0.3) is 0 Å². The number of benzene rings is 2. The molecule has 0 atom stereocenters. The van der Waals surface area contributed by atoms with Crippen molar-refractivity contribution in [3.8, 4) is 28.5 Å². The smallest absolute Gasteiger partial charge is 0.311 e. The largest absolute Gasteiger partial charge is 0.493 e. The Balaban J connectivity index is 0.00000341. The summed E-state index contributed by atoms with van der Waals surface area (Å²) < 4.78 is 15.6. The number of nitro groups is 1. The van der Waals surface area contributed by atoms with Gasteiger partial charge in [-0.05, 0) is 37.3 Å². The van der Waals surface area contributed by atoms with Crippen LogP contribution in [0.3, 0.4) is 0 Å². The Hall–Kier alpha value is -3.18. The molecule has 0 radical (unpaired) electrons. The van der Waals surface area contributed by atoms with Gasteiger partial charge in [-0.3, -0.25) is 15.5 Å². The molecule has 0 saturated carbocycles. The fourth-order valence-corrected chi connectivity index (χ4v) is 3.37. The van der Waals surface area contributed by atoms with Gasteiger partial charge >= 0.3 is 5.69 Å². The molecule has 1 heterocycles. The molecule has 0 amide bonds. The highest BCUT2D eigenvalue weighted by Gasteiger charge is 2.17. The summed E-state index contributed by atoms with van der Waals surface area (Å²) in [6, 6.07) is 10.2. The van der Waals surface area contributed by atoms with Gasteiger partial charge in [-0.2, -0.15) is 5.10 Å². The number of hydrogen-bond donors (Lipinski definition) is 1. The number of methoxy groups -OCH3 is 3. The predicted octanol–water partition coefficient (Wildman–Crippen LogP) is 5.16. The number of nitro benzene ring substituents is 1. The molecule has 3 aromatic rings. The van der Waals surface area contributed by atoms with Crippen molar-refractivity contribution >= 4 is 44.8 Å². The second-order valence-electron chi connectivity index (χ2n) is 6.06. The van der Waals surface area contributed by atoms with Gasteiger partial charge in [0.1, 0.15) is 0 Å². The van der Waals surface area contributed by atoms with Crippen molar-refractivity contribution < 1.29 is 19.1 Å². The maximum absolute atomic E-state index is 11.2. The SMILES string of the molecule is Br.COc1ccc(C(C)=NNc2nc(-c3ccc(OC)c([N+](=O)[O-])c3)cs2)cc1OC. The molecule has 0 unspecified atom stereocenters. The van der Waals surface area contributed by atoms with E-state index in [0.29, 0.717) is 27.9 Å². The molecule has 11 heteroatoms. The van der Waals surface area contributed by atoms with Crippen molar-refractivity contribution in [2.75, 3.05) is 26.8 Å². The van der Waals surface area contributed by atoms with Crippen molar-refractivity contribution in [2.24, 2.45) is 5.10 Å². The van der Waals surface area contributed by atoms with Crippen LogP contribution in [-0.2, 0) is 0 Å². The molecule has 1 N–H and O–H groups in total. The highest BCUT2D eigenvalue weighted by Crippen LogP contribution is 2.33. The van der Waals surface area contributed by atoms with E-state index in [2.05, 4.69) is 15.5 Å². The molecule has 0 bridgehead atoms. The molecule has 0 aliphatic carbocycles. The molecular formula is C20H21BrN4O5S. The fourth-order valence-electron chi connectivity index (χ4n) is 2.71. The summed E-state index contributed by atoms with van der Waals surface area (Å²) >= 11 is 1.34. The molecule has 0 spiro atoms. The summed E-state index contributed by atoms with van der Waals surface area (Å²) in [7, 11) is 4.55. The van der Waals surface area contributed by atoms with Crippen LogP contribution in [0.25, 0.3) is 11.3 Å². The summed E-state index contributed by atoms with van der Waals surface area (Å²) in [5.74, 6) is 1.45. The molecular weight excluding hydrogens is 488 g/mol. The van der Waals surface area contributed by atoms with E-state index in [0.717, 1.165) is 11.3 Å². The standard InChI is InChI=1S/C20H20N4O5S.BrH/c1-12(13-5-8-18(28-3)19(10-13)29-4)22-23-20-21-15(11-30-20)14-6-7-17(27-2)16(9-14)24(25)26;/h5-11H,1-4H3,(H,21,23);1H. The first-order valence-electron chi connectivity index (χ1n) is 8.77. The van der Waals surface area contributed by atoms with E-state index in [4.69, 9.17) is 14.2 Å². The van der Waals surface area contributed by atoms with Crippen molar-refractivity contribution in [1.82, 2.24) is 4.98 Å². The number of anilines is 1. The molecule has 164 valence electrons. The van der Waals surface area contributed by atoms with E-state index in [1.54, 1.807) is 31.7 Å². The molecule has 0 fully saturated rings. The predicted molar refractivity (Wildman–Crippen MR) is 126 cm³/mol. The number of nitrogens with one attached hydrogen (secondary N) is 1. The lowest BCUT2D eigenvalue weighted by molar-refractivity contribution is -0.385. The van der Waals surface area contributed by atoms with Crippen molar-refractivity contribution in [3.05, 3.63) is 57.5 Å². The number of nitrogens with zero attached hydrogens (tertiary/aromatic N) is 3. The zero-order chi connectivity index (χ0) is 21.7. The summed E-state index contributed by atoms with van der Waals surface area (Å²) in [5.41, 5.74) is 5.63. The van der Waals surface area contributed by atoms with Gasteiger partial charge in [0, 0.05) is 22.6 Å². The van der Waals surface area contributed by atoms with Crippen molar-refractivity contribution in [3.63, 3.8) is 0 Å². The minimum absolute atomic E-state index is 0. The van der Waals surface area contributed by atoms with Crippen molar-refractivity contribution in [2.45, 2.75) is 6.92 Å². The maximum Gasteiger partial charge on any atom is 0.311 e. The third-order valence-electron chi connectivity index (χ3n) is 4.30.